The maximum absolute atomic E-state index is 13.1. The molecule has 34 heavy (non-hydrogen) atoms. The Hall–Kier alpha value is -3.31. The molecule has 0 N–H and O–H groups in total. The molecule has 1 saturated heterocycles. The Morgan fingerprint density at radius 2 is 1.71 bits per heavy atom. The second-order valence-corrected chi connectivity index (χ2v) is 9.65. The molecule has 6 heteroatoms. The standard InChI is InChI=1S/C28H26ClN3O2/c29-23-7-10-26-25(17-23)30-27(34-26)20-12-14-31(15-13-20)28(33)21-5-8-24(9-6-21)32-16-11-19-3-1-2-4-22(19)18-32/h1-10,17,20H,11-16,18H2. The van der Waals surface area contributed by atoms with E-state index in [0.717, 1.165) is 54.9 Å². The zero-order valence-corrected chi connectivity index (χ0v) is 19.7. The second-order valence-electron chi connectivity index (χ2n) is 9.22. The van der Waals surface area contributed by atoms with E-state index in [2.05, 4.69) is 46.3 Å². The molecular weight excluding hydrogens is 446 g/mol. The molecule has 1 amide bonds. The third kappa shape index (κ3) is 4.05. The fraction of sp³-hybridized carbons (Fsp3) is 0.286. The van der Waals surface area contributed by atoms with Crippen LogP contribution in [0.25, 0.3) is 11.1 Å². The van der Waals surface area contributed by atoms with E-state index in [1.165, 1.54) is 16.8 Å². The van der Waals surface area contributed by atoms with Crippen LogP contribution in [0.4, 0.5) is 5.69 Å². The summed E-state index contributed by atoms with van der Waals surface area (Å²) in [5.74, 6) is 1.06. The monoisotopic (exact) mass is 471 g/mol. The summed E-state index contributed by atoms with van der Waals surface area (Å²) in [5, 5.41) is 0.656. The third-order valence-corrected chi connectivity index (χ3v) is 7.34. The zero-order valence-electron chi connectivity index (χ0n) is 18.9. The molecule has 4 aromatic rings. The van der Waals surface area contributed by atoms with Crippen LogP contribution in [-0.4, -0.2) is 35.4 Å². The number of carbonyl (C=O) groups excluding carboxylic acids is 1. The highest BCUT2D eigenvalue weighted by Gasteiger charge is 2.28. The number of piperidine rings is 1. The molecule has 3 aromatic carbocycles. The number of fused-ring (bicyclic) bond motifs is 2. The first-order chi connectivity index (χ1) is 16.6. The number of aromatic nitrogens is 1. The molecule has 1 aromatic heterocycles. The zero-order chi connectivity index (χ0) is 23.1. The maximum atomic E-state index is 13.1. The van der Waals surface area contributed by atoms with Crippen LogP contribution in [0.2, 0.25) is 5.02 Å². The highest BCUT2D eigenvalue weighted by atomic mass is 35.5. The van der Waals surface area contributed by atoms with Gasteiger partial charge in [-0.05, 0) is 72.9 Å². The molecule has 1 fully saturated rings. The van der Waals surface area contributed by atoms with Crippen molar-refractivity contribution in [2.24, 2.45) is 0 Å². The van der Waals surface area contributed by atoms with E-state index in [1.54, 1.807) is 0 Å². The lowest BCUT2D eigenvalue weighted by atomic mass is 9.96. The first kappa shape index (κ1) is 21.2. The van der Waals surface area contributed by atoms with Crippen LogP contribution in [0, 0.1) is 0 Å². The quantitative estimate of drug-likeness (QED) is 0.364. The lowest BCUT2D eigenvalue weighted by molar-refractivity contribution is 0.0706. The van der Waals surface area contributed by atoms with Gasteiger partial charge in [0.25, 0.3) is 5.91 Å². The number of nitrogens with zero attached hydrogens (tertiary/aromatic N) is 3. The minimum absolute atomic E-state index is 0.0957. The molecule has 2 aliphatic heterocycles. The van der Waals surface area contributed by atoms with Crippen molar-refractivity contribution in [2.75, 3.05) is 24.5 Å². The largest absolute Gasteiger partial charge is 0.440 e. The Bertz CT molecular complexity index is 1340. The molecular formula is C28H26ClN3O2. The van der Waals surface area contributed by atoms with Crippen LogP contribution < -0.4 is 4.90 Å². The molecule has 2 aliphatic rings. The number of amides is 1. The van der Waals surface area contributed by atoms with Gasteiger partial charge in [-0.2, -0.15) is 0 Å². The van der Waals surface area contributed by atoms with Crippen LogP contribution in [-0.2, 0) is 13.0 Å². The predicted molar refractivity (Wildman–Crippen MR) is 135 cm³/mol. The number of carbonyl (C=O) groups is 1. The summed E-state index contributed by atoms with van der Waals surface area (Å²) in [7, 11) is 0. The Kier molecular flexibility index (Phi) is 5.50. The van der Waals surface area contributed by atoms with Crippen molar-refractivity contribution < 1.29 is 9.21 Å². The molecule has 0 atom stereocenters. The van der Waals surface area contributed by atoms with Crippen LogP contribution in [0.15, 0.2) is 71.1 Å². The molecule has 0 aliphatic carbocycles. The molecule has 3 heterocycles. The van der Waals surface area contributed by atoms with E-state index in [9.17, 15) is 4.79 Å². The van der Waals surface area contributed by atoms with Gasteiger partial charge in [0.2, 0.25) is 0 Å². The lowest BCUT2D eigenvalue weighted by Gasteiger charge is -2.32. The summed E-state index contributed by atoms with van der Waals surface area (Å²) >= 11 is 6.07. The lowest BCUT2D eigenvalue weighted by Crippen LogP contribution is -2.38. The topological polar surface area (TPSA) is 49.6 Å². The maximum Gasteiger partial charge on any atom is 0.253 e. The van der Waals surface area contributed by atoms with Crippen molar-refractivity contribution in [2.45, 2.75) is 31.7 Å². The molecule has 0 spiro atoms. The number of hydrogen-bond donors (Lipinski definition) is 0. The second kappa shape index (κ2) is 8.80. The van der Waals surface area contributed by atoms with Gasteiger partial charge in [-0.15, -0.1) is 0 Å². The van der Waals surface area contributed by atoms with Crippen molar-refractivity contribution >= 4 is 34.3 Å². The molecule has 172 valence electrons. The molecule has 0 radical (unpaired) electrons. The van der Waals surface area contributed by atoms with Gasteiger partial charge >= 0.3 is 0 Å². The number of anilines is 1. The number of likely N-dealkylation sites (tertiary alicyclic amines) is 1. The van der Waals surface area contributed by atoms with Crippen LogP contribution in [0.5, 0.6) is 0 Å². The van der Waals surface area contributed by atoms with E-state index < -0.39 is 0 Å². The Labute approximate surface area is 203 Å². The van der Waals surface area contributed by atoms with E-state index in [0.29, 0.717) is 18.1 Å². The minimum Gasteiger partial charge on any atom is -0.440 e. The third-order valence-electron chi connectivity index (χ3n) is 7.11. The predicted octanol–water partition coefficient (Wildman–Crippen LogP) is 6.06. The SMILES string of the molecule is O=C(c1ccc(N2CCc3ccccc3C2)cc1)N1CCC(c2nc3cc(Cl)ccc3o2)CC1. The number of rotatable bonds is 3. The van der Waals surface area contributed by atoms with Crippen molar-refractivity contribution in [3.05, 3.63) is 94.3 Å². The summed E-state index contributed by atoms with van der Waals surface area (Å²) in [6, 6.07) is 22.2. The molecule has 0 bridgehead atoms. The van der Waals surface area contributed by atoms with E-state index in [1.807, 2.05) is 35.2 Å². The Morgan fingerprint density at radius 1 is 0.941 bits per heavy atom. The van der Waals surface area contributed by atoms with Crippen LogP contribution in [0.3, 0.4) is 0 Å². The molecule has 0 unspecified atom stereocenters. The van der Waals surface area contributed by atoms with Gasteiger partial charge in [-0.1, -0.05) is 35.9 Å². The smallest absolute Gasteiger partial charge is 0.253 e. The van der Waals surface area contributed by atoms with E-state index in [-0.39, 0.29) is 11.8 Å². The highest BCUT2D eigenvalue weighted by molar-refractivity contribution is 6.31. The molecule has 5 nitrogen and oxygen atoms in total. The van der Waals surface area contributed by atoms with Gasteiger partial charge in [0.05, 0.1) is 0 Å². The Balaban J connectivity index is 1.09. The average molecular weight is 472 g/mol. The minimum atomic E-state index is 0.0957. The van der Waals surface area contributed by atoms with Gasteiger partial charge in [-0.3, -0.25) is 4.79 Å². The summed E-state index contributed by atoms with van der Waals surface area (Å²) in [6.07, 6.45) is 2.74. The van der Waals surface area contributed by atoms with Gasteiger partial charge in [0, 0.05) is 48.4 Å². The van der Waals surface area contributed by atoms with Crippen LogP contribution >= 0.6 is 11.6 Å². The van der Waals surface area contributed by atoms with Gasteiger partial charge in [0.1, 0.15) is 5.52 Å². The van der Waals surface area contributed by atoms with Gasteiger partial charge in [0.15, 0.2) is 11.5 Å². The fourth-order valence-corrected chi connectivity index (χ4v) is 5.30. The highest BCUT2D eigenvalue weighted by Crippen LogP contribution is 2.31. The summed E-state index contributed by atoms with van der Waals surface area (Å²) in [4.78, 5) is 22.1. The number of halogens is 1. The van der Waals surface area contributed by atoms with E-state index >= 15 is 0 Å². The van der Waals surface area contributed by atoms with Gasteiger partial charge in [-0.25, -0.2) is 4.98 Å². The normalized spacial score (nSPS) is 16.6. The number of oxazole rings is 1. The van der Waals surface area contributed by atoms with Crippen LogP contribution in [0.1, 0.15) is 46.1 Å². The number of hydrogen-bond acceptors (Lipinski definition) is 4. The van der Waals surface area contributed by atoms with Crippen molar-refractivity contribution in [1.29, 1.82) is 0 Å². The Morgan fingerprint density at radius 3 is 2.50 bits per heavy atom. The fourth-order valence-electron chi connectivity index (χ4n) is 5.14. The first-order valence-electron chi connectivity index (χ1n) is 11.9. The van der Waals surface area contributed by atoms with Gasteiger partial charge < -0.3 is 14.2 Å². The van der Waals surface area contributed by atoms with Crippen molar-refractivity contribution in [1.82, 2.24) is 9.88 Å². The summed E-state index contributed by atoms with van der Waals surface area (Å²) in [6.45, 7) is 3.32. The first-order valence-corrected chi connectivity index (χ1v) is 12.3. The summed E-state index contributed by atoms with van der Waals surface area (Å²) < 4.78 is 5.96. The average Bonchev–Trinajstić information content (AvgIpc) is 3.31. The van der Waals surface area contributed by atoms with E-state index in [4.69, 9.17) is 16.0 Å². The van der Waals surface area contributed by atoms with Crippen molar-refractivity contribution in [3.8, 4) is 0 Å². The molecule has 0 saturated carbocycles. The number of benzene rings is 3. The van der Waals surface area contributed by atoms with Crippen molar-refractivity contribution in [3.63, 3.8) is 0 Å². The summed E-state index contributed by atoms with van der Waals surface area (Å²) in [5.41, 5.74) is 6.29. The molecule has 6 rings (SSSR count).